The lowest BCUT2D eigenvalue weighted by Gasteiger charge is -2.32. The van der Waals surface area contributed by atoms with Gasteiger partial charge in [-0.1, -0.05) is 30.3 Å². The number of fused-ring (bicyclic) bond motifs is 3. The van der Waals surface area contributed by atoms with Gasteiger partial charge in [0.05, 0.1) is 11.8 Å². The Hall–Kier alpha value is -2.64. The van der Waals surface area contributed by atoms with E-state index in [-0.39, 0.29) is 12.0 Å². The second kappa shape index (κ2) is 7.80. The lowest BCUT2D eigenvalue weighted by molar-refractivity contribution is 0.131. The van der Waals surface area contributed by atoms with Gasteiger partial charge in [-0.15, -0.1) is 0 Å². The molecule has 0 aromatic heterocycles. The molecule has 0 saturated heterocycles. The minimum atomic E-state index is -0.719. The van der Waals surface area contributed by atoms with E-state index in [1.807, 2.05) is 56.3 Å². The van der Waals surface area contributed by atoms with Crippen LogP contribution < -0.4 is 10.2 Å². The third-order valence-electron chi connectivity index (χ3n) is 5.99. The second-order valence-electron chi connectivity index (χ2n) is 7.96. The number of thioether (sulfide) groups is 1. The summed E-state index contributed by atoms with van der Waals surface area (Å²) in [6, 6.07) is 13.3. The van der Waals surface area contributed by atoms with Gasteiger partial charge in [-0.05, 0) is 54.9 Å². The largest absolute Gasteiger partial charge is 0.377 e. The number of aryl methyl sites for hydroxylation is 2. The van der Waals surface area contributed by atoms with Crippen LogP contribution in [0.1, 0.15) is 17.5 Å². The van der Waals surface area contributed by atoms with Crippen molar-refractivity contribution in [2.75, 3.05) is 17.3 Å². The van der Waals surface area contributed by atoms with Crippen LogP contribution in [0.25, 0.3) is 0 Å². The first kappa shape index (κ1) is 20.3. The molecular weight excluding hydrogens is 416 g/mol. The zero-order valence-corrected chi connectivity index (χ0v) is 18.3. The van der Waals surface area contributed by atoms with E-state index in [9.17, 15) is 0 Å². The van der Waals surface area contributed by atoms with Crippen LogP contribution in [0, 0.1) is 13.8 Å². The van der Waals surface area contributed by atoms with Gasteiger partial charge in [0.25, 0.3) is 0 Å². The van der Waals surface area contributed by atoms with E-state index in [1.165, 1.54) is 24.9 Å². The van der Waals surface area contributed by atoms with E-state index in [2.05, 4.69) is 10.2 Å². The third kappa shape index (κ3) is 3.36. The molecule has 2 aliphatic heterocycles. The van der Waals surface area contributed by atoms with E-state index in [4.69, 9.17) is 9.73 Å². The van der Waals surface area contributed by atoms with E-state index in [0.717, 1.165) is 32.6 Å². The molecule has 3 aliphatic rings. The number of rotatable bonds is 4. The maximum atomic E-state index is 15.1. The standard InChI is InChI=1S/C24H23F2N3OS/c1-13-7-6-8-14(2)21(13)27-23-22(20-16(25)11-15(30-3)12-17(20)26)28-24-29(23)18-9-4-5-10-19(18)31-24/h4-11,15,22-23,27H,12H2,1-3H3. The molecule has 3 unspecified atom stereocenters. The molecule has 4 nitrogen and oxygen atoms in total. The zero-order chi connectivity index (χ0) is 21.7. The summed E-state index contributed by atoms with van der Waals surface area (Å²) in [5.41, 5.74) is 4.10. The van der Waals surface area contributed by atoms with E-state index < -0.39 is 30.0 Å². The van der Waals surface area contributed by atoms with Crippen LogP contribution in [0.15, 0.2) is 75.7 Å². The summed E-state index contributed by atoms with van der Waals surface area (Å²) in [7, 11) is 1.46. The summed E-state index contributed by atoms with van der Waals surface area (Å²) >= 11 is 1.53. The van der Waals surface area contributed by atoms with Crippen molar-refractivity contribution in [3.8, 4) is 0 Å². The molecule has 3 atom stereocenters. The Kier molecular flexibility index (Phi) is 5.10. The van der Waals surface area contributed by atoms with Gasteiger partial charge in [0.2, 0.25) is 0 Å². The van der Waals surface area contributed by atoms with Crippen LogP contribution >= 0.6 is 11.8 Å². The van der Waals surface area contributed by atoms with Crippen molar-refractivity contribution in [3.05, 3.63) is 76.9 Å². The summed E-state index contributed by atoms with van der Waals surface area (Å²) in [6.07, 6.45) is 0.308. The van der Waals surface area contributed by atoms with Gasteiger partial charge in [-0.25, -0.2) is 13.8 Å². The van der Waals surface area contributed by atoms with Crippen molar-refractivity contribution in [2.24, 2.45) is 4.99 Å². The highest BCUT2D eigenvalue weighted by Gasteiger charge is 2.46. The Morgan fingerprint density at radius 1 is 1.10 bits per heavy atom. The Morgan fingerprint density at radius 2 is 1.84 bits per heavy atom. The monoisotopic (exact) mass is 439 g/mol. The fraction of sp³-hybridized carbons (Fsp3) is 0.292. The van der Waals surface area contributed by atoms with Crippen molar-refractivity contribution >= 4 is 28.3 Å². The number of halogens is 2. The maximum absolute atomic E-state index is 15.1. The molecule has 0 fully saturated rings. The summed E-state index contributed by atoms with van der Waals surface area (Å²) in [6.45, 7) is 4.05. The molecule has 31 heavy (non-hydrogen) atoms. The number of nitrogens with one attached hydrogen (secondary N) is 1. The topological polar surface area (TPSA) is 36.9 Å². The molecule has 0 spiro atoms. The number of methoxy groups -OCH3 is 1. The molecule has 2 aromatic carbocycles. The van der Waals surface area contributed by atoms with Crippen molar-refractivity contribution in [1.82, 2.24) is 0 Å². The number of para-hydroxylation sites is 2. The van der Waals surface area contributed by atoms with Gasteiger partial charge >= 0.3 is 0 Å². The average Bonchev–Trinajstić information content (AvgIpc) is 3.26. The molecule has 1 aliphatic carbocycles. The highest BCUT2D eigenvalue weighted by molar-refractivity contribution is 8.14. The maximum Gasteiger partial charge on any atom is 0.171 e. The number of hydrogen-bond acceptors (Lipinski definition) is 5. The van der Waals surface area contributed by atoms with Gasteiger partial charge in [0, 0.05) is 29.7 Å². The van der Waals surface area contributed by atoms with Crippen LogP contribution in [0.4, 0.5) is 20.2 Å². The van der Waals surface area contributed by atoms with E-state index in [0.29, 0.717) is 0 Å². The Morgan fingerprint density at radius 3 is 2.55 bits per heavy atom. The van der Waals surface area contributed by atoms with Crippen molar-refractivity contribution < 1.29 is 13.5 Å². The van der Waals surface area contributed by atoms with Crippen molar-refractivity contribution in [2.45, 2.75) is 43.5 Å². The molecule has 2 aromatic rings. The normalized spacial score (nSPS) is 24.7. The van der Waals surface area contributed by atoms with Crippen LogP contribution in [-0.2, 0) is 4.74 Å². The lowest BCUT2D eigenvalue weighted by atomic mass is 9.94. The first-order valence-electron chi connectivity index (χ1n) is 10.2. The minimum absolute atomic E-state index is 0.0111. The third-order valence-corrected chi connectivity index (χ3v) is 7.04. The first-order valence-corrected chi connectivity index (χ1v) is 11.0. The van der Waals surface area contributed by atoms with Gasteiger partial charge in [-0.3, -0.25) is 4.90 Å². The van der Waals surface area contributed by atoms with Crippen molar-refractivity contribution in [3.63, 3.8) is 0 Å². The molecule has 5 rings (SSSR count). The van der Waals surface area contributed by atoms with E-state index in [1.54, 1.807) is 0 Å². The first-order chi connectivity index (χ1) is 15.0. The van der Waals surface area contributed by atoms with Gasteiger partial charge in [0.15, 0.2) is 5.17 Å². The summed E-state index contributed by atoms with van der Waals surface area (Å²) in [4.78, 5) is 7.95. The smallest absolute Gasteiger partial charge is 0.171 e. The summed E-state index contributed by atoms with van der Waals surface area (Å²) < 4.78 is 35.4. The molecule has 160 valence electrons. The SMILES string of the molecule is COC1C=C(F)C(C2N=C3Sc4ccccc4N3C2Nc2c(C)cccc2C)=C(F)C1. The number of anilines is 2. The highest BCUT2D eigenvalue weighted by atomic mass is 32.2. The molecule has 1 N–H and O–H groups in total. The number of nitrogens with zero attached hydrogens (tertiary/aromatic N) is 2. The fourth-order valence-corrected chi connectivity index (χ4v) is 5.51. The molecule has 0 amide bonds. The van der Waals surface area contributed by atoms with Crippen LogP contribution in [0.5, 0.6) is 0 Å². The molecule has 0 saturated carbocycles. The number of aliphatic imine (C=N–C) groups is 1. The number of hydrogen-bond donors (Lipinski definition) is 1. The van der Waals surface area contributed by atoms with Gasteiger partial charge in [0.1, 0.15) is 23.9 Å². The summed E-state index contributed by atoms with van der Waals surface area (Å²) in [5, 5.41) is 4.32. The van der Waals surface area contributed by atoms with Crippen molar-refractivity contribution in [1.29, 1.82) is 0 Å². The van der Waals surface area contributed by atoms with E-state index >= 15 is 8.78 Å². The molecule has 7 heteroatoms. The number of benzene rings is 2. The second-order valence-corrected chi connectivity index (χ2v) is 8.97. The fourth-order valence-electron chi connectivity index (χ4n) is 4.42. The number of amidine groups is 1. The molecule has 0 bridgehead atoms. The van der Waals surface area contributed by atoms with Crippen LogP contribution in [-0.4, -0.2) is 30.6 Å². The average molecular weight is 440 g/mol. The Labute approximate surface area is 184 Å². The van der Waals surface area contributed by atoms with Crippen LogP contribution in [0.2, 0.25) is 0 Å². The highest BCUT2D eigenvalue weighted by Crippen LogP contribution is 2.48. The van der Waals surface area contributed by atoms with Gasteiger partial charge < -0.3 is 10.1 Å². The molecule has 2 heterocycles. The van der Waals surface area contributed by atoms with Crippen LogP contribution in [0.3, 0.4) is 0 Å². The minimum Gasteiger partial charge on any atom is -0.377 e. The number of ether oxygens (including phenoxy) is 1. The predicted octanol–water partition coefficient (Wildman–Crippen LogP) is 5.89. The Balaban J connectivity index is 1.60. The predicted molar refractivity (Wildman–Crippen MR) is 122 cm³/mol. The molecular formula is C24H23F2N3OS. The quantitative estimate of drug-likeness (QED) is 0.645. The molecule has 0 radical (unpaired) electrons. The summed E-state index contributed by atoms with van der Waals surface area (Å²) in [5.74, 6) is -1.10. The van der Waals surface area contributed by atoms with Gasteiger partial charge in [-0.2, -0.15) is 0 Å². The zero-order valence-electron chi connectivity index (χ0n) is 17.5. The Bertz CT molecular complexity index is 1120. The lowest BCUT2D eigenvalue weighted by Crippen LogP contribution is -2.45.